The van der Waals surface area contributed by atoms with Crippen molar-refractivity contribution in [3.05, 3.63) is 24.3 Å². The molecule has 0 radical (unpaired) electrons. The molecule has 1 saturated heterocycles. The smallest absolute Gasteiger partial charge is 0.234 e. The van der Waals surface area contributed by atoms with Crippen LogP contribution in [-0.4, -0.2) is 66.4 Å². The molecule has 0 spiro atoms. The van der Waals surface area contributed by atoms with E-state index in [0.29, 0.717) is 53.4 Å². The van der Waals surface area contributed by atoms with Crippen molar-refractivity contribution >= 4 is 55.8 Å². The fourth-order valence-electron chi connectivity index (χ4n) is 3.14. The predicted octanol–water partition coefficient (Wildman–Crippen LogP) is 2.28. The maximum Gasteiger partial charge on any atom is 0.234 e. The van der Waals surface area contributed by atoms with Gasteiger partial charge in [0.1, 0.15) is 5.75 Å². The maximum absolute atomic E-state index is 12.5. The summed E-state index contributed by atoms with van der Waals surface area (Å²) in [5, 5.41) is 13.9. The lowest BCUT2D eigenvalue weighted by Crippen LogP contribution is -2.40. The number of carbonyl (C=O) groups is 2. The van der Waals surface area contributed by atoms with Gasteiger partial charge < -0.3 is 15.4 Å². The first kappa shape index (κ1) is 24.4. The Balaban J connectivity index is 1.46. The van der Waals surface area contributed by atoms with E-state index in [2.05, 4.69) is 20.8 Å². The minimum absolute atomic E-state index is 0.132. The van der Waals surface area contributed by atoms with Crippen LogP contribution in [0.5, 0.6) is 5.75 Å². The third-order valence-corrected chi connectivity index (χ3v) is 7.99. The summed E-state index contributed by atoms with van der Waals surface area (Å²) < 4.78 is 30.6. The zero-order chi connectivity index (χ0) is 23.1. The van der Waals surface area contributed by atoms with Crippen LogP contribution < -0.4 is 15.4 Å². The summed E-state index contributed by atoms with van der Waals surface area (Å²) in [7, 11) is -3.23. The molecule has 2 aromatic rings. The number of ether oxygens (including phenoxy) is 1. The highest BCUT2D eigenvalue weighted by atomic mass is 32.2. The maximum atomic E-state index is 12.5. The quantitative estimate of drug-likeness (QED) is 0.397. The lowest BCUT2D eigenvalue weighted by molar-refractivity contribution is -0.121. The topological polar surface area (TPSA) is 131 Å². The number of amides is 2. The average Bonchev–Trinajstić information content (AvgIpc) is 3.20. The minimum Gasteiger partial charge on any atom is -0.492 e. The molecular weight excluding hydrogens is 474 g/mol. The molecule has 0 unspecified atom stereocenters. The van der Waals surface area contributed by atoms with E-state index in [-0.39, 0.29) is 23.5 Å². The number of para-hydroxylation sites is 2. The van der Waals surface area contributed by atoms with Gasteiger partial charge in [0.25, 0.3) is 0 Å². The Kier molecular flexibility index (Phi) is 8.45. The molecule has 174 valence electrons. The van der Waals surface area contributed by atoms with Crippen LogP contribution in [0, 0.1) is 5.92 Å². The molecule has 0 aliphatic carbocycles. The average molecular weight is 500 g/mol. The number of aromatic nitrogens is 2. The van der Waals surface area contributed by atoms with Gasteiger partial charge in [-0.3, -0.25) is 9.59 Å². The van der Waals surface area contributed by atoms with Gasteiger partial charge in [-0.25, -0.2) is 12.7 Å². The highest BCUT2D eigenvalue weighted by molar-refractivity contribution is 8.01. The van der Waals surface area contributed by atoms with Gasteiger partial charge in [-0.15, -0.1) is 10.2 Å². The largest absolute Gasteiger partial charge is 0.492 e. The van der Waals surface area contributed by atoms with Crippen molar-refractivity contribution in [3.8, 4) is 5.75 Å². The van der Waals surface area contributed by atoms with E-state index in [1.165, 1.54) is 33.7 Å². The zero-order valence-corrected chi connectivity index (χ0v) is 20.2. The molecule has 2 heterocycles. The monoisotopic (exact) mass is 499 g/mol. The molecule has 3 rings (SSSR count). The summed E-state index contributed by atoms with van der Waals surface area (Å²) in [4.78, 5) is 24.7. The Bertz CT molecular complexity index is 1050. The molecule has 13 heteroatoms. The van der Waals surface area contributed by atoms with Crippen LogP contribution in [0.3, 0.4) is 0 Å². The van der Waals surface area contributed by atoms with Crippen LogP contribution >= 0.6 is 23.1 Å². The lowest BCUT2D eigenvalue weighted by atomic mass is 9.97. The number of sulfonamides is 1. The van der Waals surface area contributed by atoms with Crippen LogP contribution in [-0.2, 0) is 19.6 Å². The molecule has 1 aromatic heterocycles. The molecule has 1 aliphatic heterocycles. The lowest BCUT2D eigenvalue weighted by Gasteiger charge is -2.29. The van der Waals surface area contributed by atoms with Crippen molar-refractivity contribution < 1.29 is 22.7 Å². The first-order valence-corrected chi connectivity index (χ1v) is 13.6. The number of rotatable bonds is 9. The van der Waals surface area contributed by atoms with Crippen LogP contribution in [0.25, 0.3) is 0 Å². The van der Waals surface area contributed by atoms with Crippen LogP contribution in [0.4, 0.5) is 10.8 Å². The van der Waals surface area contributed by atoms with Crippen molar-refractivity contribution in [1.29, 1.82) is 0 Å². The van der Waals surface area contributed by atoms with E-state index in [4.69, 9.17) is 4.74 Å². The van der Waals surface area contributed by atoms with E-state index in [0.717, 1.165) is 0 Å². The Morgan fingerprint density at radius 1 is 1.22 bits per heavy atom. The molecule has 1 fully saturated rings. The number of hydrogen-bond acceptors (Lipinski definition) is 9. The molecular formula is C19H25N5O5S3. The van der Waals surface area contributed by atoms with Gasteiger partial charge in [-0.2, -0.15) is 0 Å². The second kappa shape index (κ2) is 11.1. The second-order valence-electron chi connectivity index (χ2n) is 7.06. The standard InChI is InChI=1S/C19H25N5O5S3/c1-3-29-15-7-5-4-6-14(15)20-16(25)12-30-19-23-22-18(31-19)21-17(26)13-8-10-24(11-9-13)32(2,27)28/h4-7,13H,3,8-12H2,1-2H3,(H,20,25)(H,21,22,26). The summed E-state index contributed by atoms with van der Waals surface area (Å²) in [5.74, 6) is 0.0602. The minimum atomic E-state index is -3.23. The fourth-order valence-corrected chi connectivity index (χ4v) is 5.57. The Labute approximate surface area is 195 Å². The van der Waals surface area contributed by atoms with Gasteiger partial charge in [0.05, 0.1) is 24.3 Å². The van der Waals surface area contributed by atoms with Gasteiger partial charge in [0.15, 0.2) is 4.34 Å². The third-order valence-electron chi connectivity index (χ3n) is 4.72. The molecule has 0 saturated carbocycles. The molecule has 1 aromatic carbocycles. The van der Waals surface area contributed by atoms with E-state index in [1.54, 1.807) is 12.1 Å². The van der Waals surface area contributed by atoms with Crippen LogP contribution in [0.2, 0.25) is 0 Å². The number of anilines is 2. The number of carbonyl (C=O) groups excluding carboxylic acids is 2. The van der Waals surface area contributed by atoms with E-state index in [9.17, 15) is 18.0 Å². The summed E-state index contributed by atoms with van der Waals surface area (Å²) >= 11 is 2.41. The summed E-state index contributed by atoms with van der Waals surface area (Å²) in [6.07, 6.45) is 2.09. The summed E-state index contributed by atoms with van der Waals surface area (Å²) in [6, 6.07) is 7.21. The number of thioether (sulfide) groups is 1. The van der Waals surface area contributed by atoms with Crippen molar-refractivity contribution in [1.82, 2.24) is 14.5 Å². The van der Waals surface area contributed by atoms with Crippen LogP contribution in [0.15, 0.2) is 28.6 Å². The van der Waals surface area contributed by atoms with Gasteiger partial charge in [0.2, 0.25) is 27.0 Å². The fraction of sp³-hybridized carbons (Fsp3) is 0.474. The molecule has 0 bridgehead atoms. The zero-order valence-electron chi connectivity index (χ0n) is 17.7. The van der Waals surface area contributed by atoms with Crippen molar-refractivity contribution in [3.63, 3.8) is 0 Å². The van der Waals surface area contributed by atoms with Gasteiger partial charge in [-0.1, -0.05) is 35.2 Å². The summed E-state index contributed by atoms with van der Waals surface area (Å²) in [6.45, 7) is 3.03. The van der Waals surface area contributed by atoms with Crippen molar-refractivity contribution in [2.75, 3.05) is 42.3 Å². The SMILES string of the molecule is CCOc1ccccc1NC(=O)CSc1nnc(NC(=O)C2CCN(S(C)(=O)=O)CC2)s1. The number of nitrogens with zero attached hydrogens (tertiary/aromatic N) is 3. The number of benzene rings is 1. The van der Waals surface area contributed by atoms with E-state index < -0.39 is 10.0 Å². The Morgan fingerprint density at radius 3 is 2.62 bits per heavy atom. The summed E-state index contributed by atoms with van der Waals surface area (Å²) in [5.41, 5.74) is 0.604. The first-order chi connectivity index (χ1) is 15.3. The van der Waals surface area contributed by atoms with Gasteiger partial charge in [-0.05, 0) is 31.9 Å². The van der Waals surface area contributed by atoms with Gasteiger partial charge >= 0.3 is 0 Å². The van der Waals surface area contributed by atoms with Crippen molar-refractivity contribution in [2.24, 2.45) is 5.92 Å². The third kappa shape index (κ3) is 6.89. The molecule has 1 aliphatic rings. The highest BCUT2D eigenvalue weighted by Gasteiger charge is 2.29. The second-order valence-corrected chi connectivity index (χ2v) is 11.2. The van der Waals surface area contributed by atoms with E-state index in [1.807, 2.05) is 19.1 Å². The van der Waals surface area contributed by atoms with Crippen LogP contribution in [0.1, 0.15) is 19.8 Å². The van der Waals surface area contributed by atoms with Crippen molar-refractivity contribution in [2.45, 2.75) is 24.1 Å². The normalized spacial score (nSPS) is 15.3. The number of nitrogens with one attached hydrogen (secondary N) is 2. The Morgan fingerprint density at radius 2 is 1.94 bits per heavy atom. The number of piperidine rings is 1. The van der Waals surface area contributed by atoms with Gasteiger partial charge in [0, 0.05) is 19.0 Å². The molecule has 32 heavy (non-hydrogen) atoms. The predicted molar refractivity (Wildman–Crippen MR) is 125 cm³/mol. The molecule has 2 N–H and O–H groups in total. The molecule has 2 amide bonds. The van der Waals surface area contributed by atoms with E-state index >= 15 is 0 Å². The first-order valence-electron chi connectivity index (χ1n) is 10.00. The number of hydrogen-bond donors (Lipinski definition) is 2. The molecule has 10 nitrogen and oxygen atoms in total. The Hall–Kier alpha value is -2.22. The highest BCUT2D eigenvalue weighted by Crippen LogP contribution is 2.28. The molecule has 0 atom stereocenters.